The predicted octanol–water partition coefficient (Wildman–Crippen LogP) is 2.33. The van der Waals surface area contributed by atoms with Crippen LogP contribution in [0.1, 0.15) is 58.3 Å². The van der Waals surface area contributed by atoms with E-state index >= 15 is 0 Å². The van der Waals surface area contributed by atoms with E-state index in [4.69, 9.17) is 5.73 Å². The number of hydrogen-bond donors (Lipinski definition) is 2. The van der Waals surface area contributed by atoms with Gasteiger partial charge < -0.3 is 16.0 Å². The highest BCUT2D eigenvalue weighted by Crippen LogP contribution is 2.61. The number of nitrogens with zero attached hydrogens (tertiary/aromatic N) is 1. The highest BCUT2D eigenvalue weighted by molar-refractivity contribution is 5.85. The van der Waals surface area contributed by atoms with Crippen molar-refractivity contribution in [2.24, 2.45) is 34.8 Å². The van der Waals surface area contributed by atoms with Gasteiger partial charge in [-0.05, 0) is 87.5 Å². The zero-order valence-electron chi connectivity index (χ0n) is 15.9. The standard InChI is InChI=1S/C20H33N3O2.ClH/c1-13-2-17(10-21)12-23(13)19(25)11-22-18(24)9-20-6-14-3-15(7-20)5-16(4-14)8-20;/h13-17H,2-12,21H2,1H3,(H,22,24);1H. The molecule has 4 bridgehead atoms. The Kier molecular flexibility index (Phi) is 5.88. The molecular weight excluding hydrogens is 350 g/mol. The normalized spacial score (nSPS) is 40.4. The van der Waals surface area contributed by atoms with Crippen LogP contribution in [0.5, 0.6) is 0 Å². The molecule has 1 heterocycles. The maximum atomic E-state index is 12.5. The summed E-state index contributed by atoms with van der Waals surface area (Å²) in [6.45, 7) is 3.59. The van der Waals surface area contributed by atoms with Crippen molar-refractivity contribution in [2.75, 3.05) is 19.6 Å². The summed E-state index contributed by atoms with van der Waals surface area (Å²) >= 11 is 0. The minimum Gasteiger partial charge on any atom is -0.347 e. The van der Waals surface area contributed by atoms with E-state index in [9.17, 15) is 9.59 Å². The lowest BCUT2D eigenvalue weighted by Gasteiger charge is -2.56. The van der Waals surface area contributed by atoms with Crippen molar-refractivity contribution in [3.05, 3.63) is 0 Å². The van der Waals surface area contributed by atoms with E-state index in [1.165, 1.54) is 38.5 Å². The SMILES string of the molecule is CC1CC(CN)CN1C(=O)CNC(=O)CC12CC3CC(CC(C3)C1)C2.Cl. The van der Waals surface area contributed by atoms with Gasteiger partial charge in [-0.3, -0.25) is 9.59 Å². The van der Waals surface area contributed by atoms with Crippen molar-refractivity contribution in [1.82, 2.24) is 10.2 Å². The lowest BCUT2D eigenvalue weighted by molar-refractivity contribution is -0.136. The molecule has 0 aromatic carbocycles. The van der Waals surface area contributed by atoms with E-state index in [0.717, 1.165) is 30.7 Å². The Morgan fingerprint density at radius 2 is 1.65 bits per heavy atom. The van der Waals surface area contributed by atoms with E-state index in [1.807, 2.05) is 4.90 Å². The number of carbonyl (C=O) groups excluding carboxylic acids is 2. The molecule has 6 heteroatoms. The fourth-order valence-corrected chi connectivity index (χ4v) is 6.85. The van der Waals surface area contributed by atoms with Crippen molar-refractivity contribution in [3.8, 4) is 0 Å². The second-order valence-corrected chi connectivity index (χ2v) is 9.60. The molecule has 4 aliphatic carbocycles. The third-order valence-corrected chi connectivity index (χ3v) is 7.45. The van der Waals surface area contributed by atoms with Gasteiger partial charge in [-0.15, -0.1) is 12.4 Å². The molecule has 5 nitrogen and oxygen atoms in total. The van der Waals surface area contributed by atoms with Gasteiger partial charge in [-0.25, -0.2) is 0 Å². The van der Waals surface area contributed by atoms with Crippen LogP contribution in [-0.4, -0.2) is 42.4 Å². The lowest BCUT2D eigenvalue weighted by atomic mass is 9.49. The Morgan fingerprint density at radius 3 is 2.15 bits per heavy atom. The van der Waals surface area contributed by atoms with E-state index in [0.29, 0.717) is 18.9 Å². The Morgan fingerprint density at radius 1 is 1.08 bits per heavy atom. The number of halogens is 1. The van der Waals surface area contributed by atoms with Crippen LogP contribution in [0, 0.1) is 29.1 Å². The maximum absolute atomic E-state index is 12.5. The molecule has 148 valence electrons. The van der Waals surface area contributed by atoms with Gasteiger partial charge in [0.2, 0.25) is 11.8 Å². The van der Waals surface area contributed by atoms with Crippen LogP contribution < -0.4 is 11.1 Å². The summed E-state index contributed by atoms with van der Waals surface area (Å²) in [7, 11) is 0. The molecule has 1 saturated heterocycles. The van der Waals surface area contributed by atoms with Gasteiger partial charge in [0.25, 0.3) is 0 Å². The average molecular weight is 384 g/mol. The van der Waals surface area contributed by atoms with Crippen molar-refractivity contribution in [1.29, 1.82) is 0 Å². The smallest absolute Gasteiger partial charge is 0.242 e. The van der Waals surface area contributed by atoms with Crippen LogP contribution in [0.4, 0.5) is 0 Å². The highest BCUT2D eigenvalue weighted by Gasteiger charge is 2.51. The molecule has 2 atom stereocenters. The molecular formula is C20H34ClN3O2. The lowest BCUT2D eigenvalue weighted by Crippen LogP contribution is -2.49. The number of nitrogens with two attached hydrogens (primary N) is 1. The van der Waals surface area contributed by atoms with Gasteiger partial charge in [0, 0.05) is 19.0 Å². The monoisotopic (exact) mass is 383 g/mol. The van der Waals surface area contributed by atoms with E-state index in [2.05, 4.69) is 12.2 Å². The first-order valence-corrected chi connectivity index (χ1v) is 10.2. The second-order valence-electron chi connectivity index (χ2n) is 9.60. The molecule has 2 amide bonds. The summed E-state index contributed by atoms with van der Waals surface area (Å²) in [5.41, 5.74) is 5.98. The fourth-order valence-electron chi connectivity index (χ4n) is 6.85. The van der Waals surface area contributed by atoms with E-state index in [1.54, 1.807) is 0 Å². The summed E-state index contributed by atoms with van der Waals surface area (Å²) < 4.78 is 0. The Labute approximate surface area is 163 Å². The van der Waals surface area contributed by atoms with Gasteiger partial charge in [-0.2, -0.15) is 0 Å². The molecule has 0 radical (unpaired) electrons. The summed E-state index contributed by atoms with van der Waals surface area (Å²) in [5.74, 6) is 3.11. The molecule has 3 N–H and O–H groups in total. The van der Waals surface area contributed by atoms with E-state index in [-0.39, 0.29) is 42.2 Å². The predicted molar refractivity (Wildman–Crippen MR) is 104 cm³/mol. The summed E-state index contributed by atoms with van der Waals surface area (Å²) in [4.78, 5) is 26.9. The Hall–Kier alpha value is -0.810. The fraction of sp³-hybridized carbons (Fsp3) is 0.900. The molecule has 0 spiro atoms. The van der Waals surface area contributed by atoms with Crippen molar-refractivity contribution in [2.45, 2.75) is 64.3 Å². The van der Waals surface area contributed by atoms with Crippen LogP contribution in [-0.2, 0) is 9.59 Å². The highest BCUT2D eigenvalue weighted by atomic mass is 35.5. The average Bonchev–Trinajstić information content (AvgIpc) is 2.92. The van der Waals surface area contributed by atoms with Crippen molar-refractivity contribution >= 4 is 24.2 Å². The minimum atomic E-state index is 0. The topological polar surface area (TPSA) is 75.4 Å². The van der Waals surface area contributed by atoms with Crippen molar-refractivity contribution in [3.63, 3.8) is 0 Å². The molecule has 0 aromatic heterocycles. The number of rotatable bonds is 5. The van der Waals surface area contributed by atoms with E-state index < -0.39 is 0 Å². The largest absolute Gasteiger partial charge is 0.347 e. The van der Waals surface area contributed by atoms with Crippen LogP contribution in [0.2, 0.25) is 0 Å². The zero-order chi connectivity index (χ0) is 17.6. The molecule has 4 saturated carbocycles. The summed E-state index contributed by atoms with van der Waals surface area (Å²) in [5, 5.41) is 2.93. The molecule has 2 unspecified atom stereocenters. The third-order valence-electron chi connectivity index (χ3n) is 7.45. The molecule has 5 fully saturated rings. The Balaban J connectivity index is 0.00000196. The first-order chi connectivity index (χ1) is 12.0. The third kappa shape index (κ3) is 3.89. The molecule has 26 heavy (non-hydrogen) atoms. The van der Waals surface area contributed by atoms with Gasteiger partial charge in [0.05, 0.1) is 6.54 Å². The molecule has 1 aliphatic heterocycles. The van der Waals surface area contributed by atoms with Crippen LogP contribution >= 0.6 is 12.4 Å². The van der Waals surface area contributed by atoms with Gasteiger partial charge in [-0.1, -0.05) is 0 Å². The quantitative estimate of drug-likeness (QED) is 0.765. The molecule has 5 rings (SSSR count). The Bertz CT molecular complexity index is 518. The van der Waals surface area contributed by atoms with Gasteiger partial charge in [0.1, 0.15) is 0 Å². The second kappa shape index (κ2) is 7.67. The van der Waals surface area contributed by atoms with Crippen LogP contribution in [0.15, 0.2) is 0 Å². The number of likely N-dealkylation sites (tertiary alicyclic amines) is 1. The van der Waals surface area contributed by atoms with Crippen LogP contribution in [0.25, 0.3) is 0 Å². The molecule has 0 aromatic rings. The zero-order valence-corrected chi connectivity index (χ0v) is 16.7. The summed E-state index contributed by atoms with van der Waals surface area (Å²) in [6, 6.07) is 0.237. The van der Waals surface area contributed by atoms with Gasteiger partial charge in [0.15, 0.2) is 0 Å². The number of amides is 2. The van der Waals surface area contributed by atoms with Gasteiger partial charge >= 0.3 is 0 Å². The minimum absolute atomic E-state index is 0. The first-order valence-electron chi connectivity index (χ1n) is 10.2. The van der Waals surface area contributed by atoms with Crippen molar-refractivity contribution < 1.29 is 9.59 Å². The first kappa shape index (κ1) is 19.9. The number of hydrogen-bond acceptors (Lipinski definition) is 3. The van der Waals surface area contributed by atoms with Crippen LogP contribution in [0.3, 0.4) is 0 Å². The number of nitrogens with one attached hydrogen (secondary N) is 1. The molecule has 5 aliphatic rings. The maximum Gasteiger partial charge on any atom is 0.242 e. The number of carbonyl (C=O) groups is 2. The summed E-state index contributed by atoms with van der Waals surface area (Å²) in [6.07, 6.45) is 9.51.